The molecule has 0 bridgehead atoms. The van der Waals surface area contributed by atoms with Crippen LogP contribution in [0.5, 0.6) is 0 Å². The van der Waals surface area contributed by atoms with Crippen molar-refractivity contribution in [1.29, 1.82) is 0 Å². The Morgan fingerprint density at radius 2 is 2.30 bits per heavy atom. The minimum atomic E-state index is 0.0772. The number of hydrogen-bond donors (Lipinski definition) is 1. The fraction of sp³-hybridized carbons (Fsp3) is 0.600. The fourth-order valence-corrected chi connectivity index (χ4v) is 0.793. The van der Waals surface area contributed by atoms with E-state index in [0.717, 1.165) is 0 Å². The monoisotopic (exact) mass is 160 g/mol. The predicted molar refractivity (Wildman–Crippen MR) is 37.4 cm³/mol. The van der Waals surface area contributed by atoms with Crippen LogP contribution in [0.1, 0.15) is 18.9 Å². The van der Waals surface area contributed by atoms with Gasteiger partial charge in [0.1, 0.15) is 0 Å². The van der Waals surface area contributed by atoms with Crippen molar-refractivity contribution < 1.29 is 10.2 Å². The molecule has 0 aliphatic heterocycles. The molecule has 0 fully saturated rings. The Bertz CT molecular complexity index is 210. The highest BCUT2D eigenvalue weighted by atomic mass is 32.2. The molecule has 1 aromatic rings. The molecule has 0 aliphatic carbocycles. The van der Waals surface area contributed by atoms with Gasteiger partial charge >= 0.3 is 0 Å². The van der Waals surface area contributed by atoms with Gasteiger partial charge in [-0.3, -0.25) is 0 Å². The Morgan fingerprint density at radius 3 is 2.60 bits per heavy atom. The van der Waals surface area contributed by atoms with Gasteiger partial charge in [-0.2, -0.15) is 0 Å². The topological polar surface area (TPSA) is 66.6 Å². The maximum Gasteiger partial charge on any atom is 0.276 e. The summed E-state index contributed by atoms with van der Waals surface area (Å²) in [6, 6.07) is 0.0772. The molecule has 1 rings (SSSR count). The zero-order chi connectivity index (χ0) is 7.56. The third-order valence-corrected chi connectivity index (χ3v) is 1.53. The average molecular weight is 160 g/mol. The van der Waals surface area contributed by atoms with E-state index in [1.54, 1.807) is 0 Å². The Morgan fingerprint density at radius 1 is 1.60 bits per heavy atom. The number of thioether (sulfide) groups is 1. The van der Waals surface area contributed by atoms with E-state index in [-0.39, 0.29) is 6.04 Å². The first-order valence-corrected chi connectivity index (χ1v) is 4.17. The third kappa shape index (κ3) is 1.48. The van der Waals surface area contributed by atoms with Gasteiger partial charge in [0.25, 0.3) is 11.1 Å². The molecule has 0 aliphatic rings. The van der Waals surface area contributed by atoms with E-state index in [0.29, 0.717) is 11.1 Å². The zero-order valence-corrected chi connectivity index (χ0v) is 6.81. The van der Waals surface area contributed by atoms with E-state index in [2.05, 4.69) is 15.9 Å². The summed E-state index contributed by atoms with van der Waals surface area (Å²) in [6.45, 7) is 1.91. The Balaban J connectivity index is 2.78. The highest BCUT2D eigenvalue weighted by molar-refractivity contribution is 7.98. The molecule has 1 atom stereocenters. The first kappa shape index (κ1) is 7.56. The molecular weight excluding hydrogens is 150 g/mol. The van der Waals surface area contributed by atoms with Crippen LogP contribution in [0.4, 0.5) is 0 Å². The lowest BCUT2D eigenvalue weighted by Gasteiger charge is -1.89. The van der Waals surface area contributed by atoms with Gasteiger partial charge in [0, 0.05) is 0 Å². The third-order valence-electron chi connectivity index (χ3n) is 1.02. The van der Waals surface area contributed by atoms with E-state index in [1.807, 2.05) is 13.2 Å². The Kier molecular flexibility index (Phi) is 2.29. The molecule has 0 unspecified atom stereocenters. The van der Waals surface area contributed by atoms with Crippen molar-refractivity contribution in [1.82, 2.24) is 10.2 Å². The summed E-state index contributed by atoms with van der Waals surface area (Å²) < 4.78 is 5.17. The largest absolute Gasteiger partial charge is 0.410 e. The number of nitrogens with zero attached hydrogens (tertiary/aromatic N) is 2. The molecule has 0 spiro atoms. The molecule has 0 radical (unpaired) electrons. The van der Waals surface area contributed by atoms with Crippen molar-refractivity contribution in [3.05, 3.63) is 5.89 Å². The summed E-state index contributed by atoms with van der Waals surface area (Å²) in [5, 5.41) is 8.15. The smallest absolute Gasteiger partial charge is 0.276 e. The summed E-state index contributed by atoms with van der Waals surface area (Å²) in [4.78, 5) is 0. The van der Waals surface area contributed by atoms with Gasteiger partial charge in [0.15, 0.2) is 6.04 Å². The van der Waals surface area contributed by atoms with E-state index in [1.165, 1.54) is 11.8 Å². The van der Waals surface area contributed by atoms with Crippen LogP contribution in [0, 0.1) is 0 Å². The summed E-state index contributed by atoms with van der Waals surface area (Å²) in [5.74, 6) is 0.601. The second kappa shape index (κ2) is 3.03. The van der Waals surface area contributed by atoms with E-state index in [4.69, 9.17) is 4.42 Å². The number of hydrogen-bond acceptors (Lipinski definition) is 4. The normalized spacial score (nSPS) is 13.5. The lowest BCUT2D eigenvalue weighted by molar-refractivity contribution is -0.425. The Labute approximate surface area is 63.2 Å². The molecule has 5 heteroatoms. The molecule has 0 saturated heterocycles. The minimum Gasteiger partial charge on any atom is -0.410 e. The van der Waals surface area contributed by atoms with E-state index in [9.17, 15) is 0 Å². The molecule has 4 nitrogen and oxygen atoms in total. The van der Waals surface area contributed by atoms with Crippen LogP contribution < -0.4 is 5.73 Å². The minimum absolute atomic E-state index is 0.0772. The molecule has 0 amide bonds. The summed E-state index contributed by atoms with van der Waals surface area (Å²) in [6.07, 6.45) is 1.89. The SMILES string of the molecule is CSc1nnc([C@H](C)[NH3+])o1. The van der Waals surface area contributed by atoms with Crippen molar-refractivity contribution in [2.75, 3.05) is 6.26 Å². The van der Waals surface area contributed by atoms with Gasteiger partial charge in [-0.05, 0) is 13.2 Å². The highest BCUT2D eigenvalue weighted by Crippen LogP contribution is 2.13. The second-order valence-corrected chi connectivity index (χ2v) is 2.77. The van der Waals surface area contributed by atoms with Gasteiger partial charge in [-0.15, -0.1) is 10.2 Å². The standard InChI is InChI=1S/C5H9N3OS/c1-3(6)4-7-8-5(9-4)10-2/h3H,6H2,1-2H3/p+1/t3-/m0/s1. The van der Waals surface area contributed by atoms with Crippen LogP contribution in [0.2, 0.25) is 0 Å². The molecule has 0 saturated carbocycles. The van der Waals surface area contributed by atoms with Crippen molar-refractivity contribution in [3.63, 3.8) is 0 Å². The number of aromatic nitrogens is 2. The van der Waals surface area contributed by atoms with Crippen LogP contribution in [0.3, 0.4) is 0 Å². The van der Waals surface area contributed by atoms with Crippen molar-refractivity contribution in [3.8, 4) is 0 Å². The van der Waals surface area contributed by atoms with Gasteiger partial charge in [-0.25, -0.2) is 0 Å². The fourth-order valence-electron chi connectivity index (χ4n) is 0.502. The first-order valence-electron chi connectivity index (χ1n) is 2.94. The van der Waals surface area contributed by atoms with E-state index < -0.39 is 0 Å². The first-order chi connectivity index (χ1) is 4.74. The van der Waals surface area contributed by atoms with Gasteiger partial charge in [-0.1, -0.05) is 11.8 Å². The lowest BCUT2D eigenvalue weighted by Crippen LogP contribution is -2.51. The zero-order valence-electron chi connectivity index (χ0n) is 6.00. The molecule has 10 heavy (non-hydrogen) atoms. The van der Waals surface area contributed by atoms with Crippen molar-refractivity contribution in [2.24, 2.45) is 0 Å². The highest BCUT2D eigenvalue weighted by Gasteiger charge is 2.10. The predicted octanol–water partition coefficient (Wildman–Crippen LogP) is 0.0944. The Hall–Kier alpha value is -0.550. The molecule has 56 valence electrons. The van der Waals surface area contributed by atoms with Crippen molar-refractivity contribution >= 4 is 11.8 Å². The van der Waals surface area contributed by atoms with Gasteiger partial charge in [0.05, 0.1) is 0 Å². The maximum atomic E-state index is 5.17. The summed E-state index contributed by atoms with van der Waals surface area (Å²) in [7, 11) is 0. The molecular formula is C5H10N3OS+. The van der Waals surface area contributed by atoms with Crippen LogP contribution in [-0.4, -0.2) is 16.5 Å². The molecule has 3 N–H and O–H groups in total. The van der Waals surface area contributed by atoms with Crippen molar-refractivity contribution in [2.45, 2.75) is 18.2 Å². The lowest BCUT2D eigenvalue weighted by atomic mass is 10.4. The quantitative estimate of drug-likeness (QED) is 0.623. The summed E-state index contributed by atoms with van der Waals surface area (Å²) >= 11 is 1.44. The van der Waals surface area contributed by atoms with Gasteiger partial charge in [0.2, 0.25) is 0 Å². The average Bonchev–Trinajstić information content (AvgIpc) is 2.34. The molecule has 0 aromatic carbocycles. The van der Waals surface area contributed by atoms with Gasteiger partial charge < -0.3 is 10.2 Å². The van der Waals surface area contributed by atoms with Crippen LogP contribution in [0.25, 0.3) is 0 Å². The number of rotatable bonds is 2. The van der Waals surface area contributed by atoms with E-state index >= 15 is 0 Å². The molecule has 1 heterocycles. The van der Waals surface area contributed by atoms with Crippen LogP contribution in [0.15, 0.2) is 9.64 Å². The van der Waals surface area contributed by atoms with Crippen LogP contribution >= 0.6 is 11.8 Å². The van der Waals surface area contributed by atoms with Crippen LogP contribution in [-0.2, 0) is 0 Å². The summed E-state index contributed by atoms with van der Waals surface area (Å²) in [5.41, 5.74) is 3.75. The number of quaternary nitrogens is 1. The maximum absolute atomic E-state index is 5.17. The molecule has 1 aromatic heterocycles. The second-order valence-electron chi connectivity index (χ2n) is 2.01.